The summed E-state index contributed by atoms with van der Waals surface area (Å²) >= 11 is 12.1. The van der Waals surface area contributed by atoms with Crippen LogP contribution in [-0.4, -0.2) is 18.0 Å². The van der Waals surface area contributed by atoms with Crippen LogP contribution in [0.2, 0.25) is 10.0 Å². The zero-order valence-corrected chi connectivity index (χ0v) is 15.7. The molecule has 0 aliphatic rings. The number of methoxy groups -OCH3 is 1. The van der Waals surface area contributed by atoms with E-state index in [1.807, 2.05) is 0 Å². The number of ether oxygens (including phenoxy) is 2. The van der Waals surface area contributed by atoms with Gasteiger partial charge in [0, 0.05) is 23.9 Å². The number of carbonyl (C=O) groups excluding carboxylic acids is 1. The Hall–Kier alpha value is -2.96. The molecule has 0 aliphatic carbocycles. The summed E-state index contributed by atoms with van der Waals surface area (Å²) in [5.74, 6) is 1.15. The number of carbonyl (C=O) groups is 1. The quantitative estimate of drug-likeness (QED) is 0.623. The topological polar surface area (TPSA) is 86.5 Å². The largest absolute Gasteiger partial charge is 0.497 e. The highest BCUT2D eigenvalue weighted by molar-refractivity contribution is 6.34. The number of halogens is 2. The molecule has 0 aliphatic heterocycles. The molecule has 8 heteroatoms. The predicted octanol–water partition coefficient (Wildman–Crippen LogP) is 5.02. The molecule has 1 aromatic heterocycles. The first-order chi connectivity index (χ1) is 13.0. The molecule has 3 aromatic rings. The Labute approximate surface area is 165 Å². The summed E-state index contributed by atoms with van der Waals surface area (Å²) in [4.78, 5) is 16.4. The smallest absolute Gasteiger partial charge is 0.255 e. The van der Waals surface area contributed by atoms with Crippen LogP contribution < -0.4 is 20.5 Å². The van der Waals surface area contributed by atoms with E-state index in [4.69, 9.17) is 38.4 Å². The Morgan fingerprint density at radius 3 is 2.70 bits per heavy atom. The Kier molecular flexibility index (Phi) is 5.69. The van der Waals surface area contributed by atoms with E-state index in [-0.39, 0.29) is 11.7 Å². The number of nitrogens with one attached hydrogen (secondary N) is 1. The maximum atomic E-state index is 12.5. The molecule has 0 saturated heterocycles. The van der Waals surface area contributed by atoms with Gasteiger partial charge in [-0.1, -0.05) is 29.3 Å². The number of hydrogen-bond acceptors (Lipinski definition) is 5. The third-order valence-corrected chi connectivity index (χ3v) is 4.13. The lowest BCUT2D eigenvalue weighted by Gasteiger charge is -2.12. The fourth-order valence-corrected chi connectivity index (χ4v) is 2.58. The van der Waals surface area contributed by atoms with Crippen molar-refractivity contribution in [3.63, 3.8) is 0 Å². The number of hydrogen-bond donors (Lipinski definition) is 2. The molecule has 0 radical (unpaired) electrons. The second-order valence-electron chi connectivity index (χ2n) is 5.47. The summed E-state index contributed by atoms with van der Waals surface area (Å²) in [6, 6.07) is 13.2. The summed E-state index contributed by atoms with van der Waals surface area (Å²) in [7, 11) is 1.53. The minimum absolute atomic E-state index is 0.191. The molecule has 6 nitrogen and oxygen atoms in total. The number of aromatic nitrogens is 1. The third-order valence-electron chi connectivity index (χ3n) is 3.59. The molecule has 0 unspecified atom stereocenters. The van der Waals surface area contributed by atoms with E-state index >= 15 is 0 Å². The lowest BCUT2D eigenvalue weighted by molar-refractivity contribution is 0.102. The van der Waals surface area contributed by atoms with Crippen LogP contribution in [0.3, 0.4) is 0 Å². The van der Waals surface area contributed by atoms with Crippen LogP contribution in [0.25, 0.3) is 0 Å². The van der Waals surface area contributed by atoms with Gasteiger partial charge in [-0.05, 0) is 30.3 Å². The van der Waals surface area contributed by atoms with Crippen molar-refractivity contribution in [2.75, 3.05) is 18.2 Å². The minimum atomic E-state index is -0.336. The first-order valence-electron chi connectivity index (χ1n) is 7.80. The van der Waals surface area contributed by atoms with Gasteiger partial charge >= 0.3 is 0 Å². The van der Waals surface area contributed by atoms with Crippen LogP contribution in [0.4, 0.5) is 11.5 Å². The number of nitrogens with two attached hydrogens (primary N) is 1. The Balaban J connectivity index is 1.82. The highest BCUT2D eigenvalue weighted by Crippen LogP contribution is 2.33. The number of nitrogen functional groups attached to an aromatic ring is 1. The van der Waals surface area contributed by atoms with Crippen molar-refractivity contribution in [2.24, 2.45) is 0 Å². The molecule has 1 heterocycles. The van der Waals surface area contributed by atoms with Crippen molar-refractivity contribution in [1.29, 1.82) is 0 Å². The average Bonchev–Trinajstić information content (AvgIpc) is 2.67. The van der Waals surface area contributed by atoms with Crippen LogP contribution in [0, 0.1) is 0 Å². The second-order valence-corrected chi connectivity index (χ2v) is 6.31. The molecule has 0 fully saturated rings. The maximum absolute atomic E-state index is 12.5. The summed E-state index contributed by atoms with van der Waals surface area (Å²) in [5.41, 5.74) is 6.60. The summed E-state index contributed by atoms with van der Waals surface area (Å²) in [5, 5.41) is 3.50. The SMILES string of the molecule is COc1cccc(C(=O)Nc2cc(Oc3cc(Cl)cnc3N)ccc2Cl)c1. The zero-order valence-electron chi connectivity index (χ0n) is 14.2. The van der Waals surface area contributed by atoms with E-state index in [2.05, 4.69) is 10.3 Å². The van der Waals surface area contributed by atoms with Gasteiger partial charge in [-0.2, -0.15) is 0 Å². The van der Waals surface area contributed by atoms with Crippen molar-refractivity contribution in [2.45, 2.75) is 0 Å². The maximum Gasteiger partial charge on any atom is 0.255 e. The number of pyridine rings is 1. The van der Waals surface area contributed by atoms with Gasteiger partial charge in [0.25, 0.3) is 5.91 Å². The van der Waals surface area contributed by atoms with Gasteiger partial charge in [0.15, 0.2) is 11.6 Å². The van der Waals surface area contributed by atoms with E-state index in [1.54, 1.807) is 48.5 Å². The molecule has 2 aromatic carbocycles. The number of nitrogens with zero attached hydrogens (tertiary/aromatic N) is 1. The van der Waals surface area contributed by atoms with Crippen molar-refractivity contribution in [1.82, 2.24) is 4.98 Å². The average molecular weight is 404 g/mol. The van der Waals surface area contributed by atoms with Gasteiger partial charge in [0.05, 0.1) is 22.8 Å². The molecule has 1 amide bonds. The molecule has 3 N–H and O–H groups in total. The standard InChI is InChI=1S/C19H15Cl2N3O3/c1-26-13-4-2-3-11(7-13)19(25)24-16-9-14(5-6-15(16)21)27-17-8-12(20)10-23-18(17)22/h2-10H,1H3,(H2,22,23)(H,24,25). The van der Waals surface area contributed by atoms with E-state index in [1.165, 1.54) is 13.3 Å². The number of amides is 1. The number of benzene rings is 2. The van der Waals surface area contributed by atoms with Crippen LogP contribution in [0.15, 0.2) is 54.7 Å². The lowest BCUT2D eigenvalue weighted by Crippen LogP contribution is -2.12. The third kappa shape index (κ3) is 4.61. The Morgan fingerprint density at radius 2 is 1.93 bits per heavy atom. The van der Waals surface area contributed by atoms with E-state index in [0.717, 1.165) is 0 Å². The molecule has 3 rings (SSSR count). The van der Waals surface area contributed by atoms with Crippen LogP contribution in [-0.2, 0) is 0 Å². The van der Waals surface area contributed by atoms with Gasteiger partial charge in [-0.15, -0.1) is 0 Å². The van der Waals surface area contributed by atoms with Gasteiger partial charge < -0.3 is 20.5 Å². The van der Waals surface area contributed by atoms with Crippen molar-refractivity contribution in [3.05, 3.63) is 70.3 Å². The highest BCUT2D eigenvalue weighted by atomic mass is 35.5. The minimum Gasteiger partial charge on any atom is -0.497 e. The molecule has 0 atom stereocenters. The van der Waals surface area contributed by atoms with Crippen molar-refractivity contribution < 1.29 is 14.3 Å². The molecule has 0 bridgehead atoms. The van der Waals surface area contributed by atoms with E-state index < -0.39 is 0 Å². The normalized spacial score (nSPS) is 10.3. The molecule has 0 spiro atoms. The summed E-state index contributed by atoms with van der Waals surface area (Å²) < 4.78 is 10.8. The van der Waals surface area contributed by atoms with Crippen LogP contribution >= 0.6 is 23.2 Å². The fourth-order valence-electron chi connectivity index (χ4n) is 2.26. The second kappa shape index (κ2) is 8.16. The van der Waals surface area contributed by atoms with Crippen molar-refractivity contribution in [3.8, 4) is 17.2 Å². The number of rotatable bonds is 5. The van der Waals surface area contributed by atoms with Crippen LogP contribution in [0.1, 0.15) is 10.4 Å². The molecular formula is C19H15Cl2N3O3. The zero-order chi connectivity index (χ0) is 19.4. The van der Waals surface area contributed by atoms with E-state index in [9.17, 15) is 4.79 Å². The summed E-state index contributed by atoms with van der Waals surface area (Å²) in [6.07, 6.45) is 1.42. The Bertz CT molecular complexity index is 996. The monoisotopic (exact) mass is 403 g/mol. The van der Waals surface area contributed by atoms with E-state index in [0.29, 0.717) is 38.5 Å². The molecular weight excluding hydrogens is 389 g/mol. The van der Waals surface area contributed by atoms with Gasteiger partial charge in [0.2, 0.25) is 0 Å². The Morgan fingerprint density at radius 1 is 1.11 bits per heavy atom. The van der Waals surface area contributed by atoms with Gasteiger partial charge in [-0.25, -0.2) is 4.98 Å². The summed E-state index contributed by atoms with van der Waals surface area (Å²) in [6.45, 7) is 0. The molecule has 0 saturated carbocycles. The first kappa shape index (κ1) is 18.8. The van der Waals surface area contributed by atoms with Gasteiger partial charge in [0.1, 0.15) is 11.5 Å². The molecule has 138 valence electrons. The van der Waals surface area contributed by atoms with Crippen LogP contribution in [0.5, 0.6) is 17.2 Å². The van der Waals surface area contributed by atoms with Crippen molar-refractivity contribution >= 4 is 40.6 Å². The lowest BCUT2D eigenvalue weighted by atomic mass is 10.2. The fraction of sp³-hybridized carbons (Fsp3) is 0.0526. The first-order valence-corrected chi connectivity index (χ1v) is 8.55. The molecule has 27 heavy (non-hydrogen) atoms. The number of anilines is 2. The van der Waals surface area contributed by atoms with Gasteiger partial charge in [-0.3, -0.25) is 4.79 Å². The highest BCUT2D eigenvalue weighted by Gasteiger charge is 2.12. The predicted molar refractivity (Wildman–Crippen MR) is 106 cm³/mol.